The average Bonchev–Trinajstić information content (AvgIpc) is 2.37. The first-order valence-electron chi connectivity index (χ1n) is 3.15. The van der Waals surface area contributed by atoms with Gasteiger partial charge < -0.3 is 4.90 Å². The van der Waals surface area contributed by atoms with Crippen LogP contribution < -0.4 is 11.3 Å². The van der Waals surface area contributed by atoms with E-state index in [0.717, 1.165) is 5.75 Å². The maximum atomic E-state index is 10.9. The number of thioether (sulfide) groups is 1. The number of rotatable bonds is 2. The molecule has 62 valence electrons. The second kappa shape index (κ2) is 3.59. The SMILES string of the molecule is NNC(=O)CN1CCSC1=O. The third-order valence-corrected chi connectivity index (χ3v) is 2.23. The minimum atomic E-state index is -0.333. The number of nitrogens with two attached hydrogens (primary N) is 1. The van der Waals surface area contributed by atoms with Crippen molar-refractivity contribution in [3.05, 3.63) is 0 Å². The zero-order chi connectivity index (χ0) is 8.27. The van der Waals surface area contributed by atoms with E-state index in [0.29, 0.717) is 6.54 Å². The van der Waals surface area contributed by atoms with Crippen LogP contribution in [-0.2, 0) is 4.79 Å². The highest BCUT2D eigenvalue weighted by atomic mass is 32.2. The average molecular weight is 175 g/mol. The second-order valence-electron chi connectivity index (χ2n) is 2.10. The minimum absolute atomic E-state index is 0.0476. The molecule has 1 heterocycles. The van der Waals surface area contributed by atoms with Gasteiger partial charge in [0.2, 0.25) is 0 Å². The Hall–Kier alpha value is -0.750. The molecule has 1 fully saturated rings. The third kappa shape index (κ3) is 2.09. The molecule has 2 amide bonds. The lowest BCUT2D eigenvalue weighted by Crippen LogP contribution is -2.40. The zero-order valence-electron chi connectivity index (χ0n) is 5.87. The van der Waals surface area contributed by atoms with Crippen molar-refractivity contribution in [3.8, 4) is 0 Å². The highest BCUT2D eigenvalue weighted by Gasteiger charge is 2.22. The summed E-state index contributed by atoms with van der Waals surface area (Å²) in [6, 6.07) is 0. The van der Waals surface area contributed by atoms with E-state index in [1.165, 1.54) is 16.7 Å². The molecule has 0 spiro atoms. The molecule has 0 unspecified atom stereocenters. The summed E-state index contributed by atoms with van der Waals surface area (Å²) in [6.45, 7) is 0.708. The minimum Gasteiger partial charge on any atom is -0.323 e. The summed E-state index contributed by atoms with van der Waals surface area (Å²) < 4.78 is 0. The third-order valence-electron chi connectivity index (χ3n) is 1.34. The summed E-state index contributed by atoms with van der Waals surface area (Å²) in [6.07, 6.45) is 0. The lowest BCUT2D eigenvalue weighted by atomic mass is 10.5. The van der Waals surface area contributed by atoms with Gasteiger partial charge in [-0.05, 0) is 0 Å². The number of hydrogen-bond acceptors (Lipinski definition) is 4. The van der Waals surface area contributed by atoms with Crippen LogP contribution >= 0.6 is 11.8 Å². The molecular formula is C5H9N3O2S. The van der Waals surface area contributed by atoms with Gasteiger partial charge in [-0.3, -0.25) is 15.0 Å². The predicted octanol–water partition coefficient (Wildman–Crippen LogP) is -0.855. The Morgan fingerprint density at radius 3 is 3.00 bits per heavy atom. The molecule has 1 aliphatic heterocycles. The largest absolute Gasteiger partial charge is 0.323 e. The summed E-state index contributed by atoms with van der Waals surface area (Å²) in [5.41, 5.74) is 1.97. The Bertz CT molecular complexity index is 185. The maximum absolute atomic E-state index is 10.9. The van der Waals surface area contributed by atoms with Crippen molar-refractivity contribution in [2.75, 3.05) is 18.8 Å². The van der Waals surface area contributed by atoms with Crippen molar-refractivity contribution in [2.45, 2.75) is 0 Å². The van der Waals surface area contributed by atoms with E-state index in [2.05, 4.69) is 0 Å². The monoisotopic (exact) mass is 175 g/mol. The Balaban J connectivity index is 2.36. The number of carbonyl (C=O) groups excluding carboxylic acids is 2. The molecule has 11 heavy (non-hydrogen) atoms. The molecule has 0 saturated carbocycles. The van der Waals surface area contributed by atoms with Gasteiger partial charge in [0, 0.05) is 12.3 Å². The van der Waals surface area contributed by atoms with Crippen LogP contribution in [0, 0.1) is 0 Å². The van der Waals surface area contributed by atoms with Crippen LogP contribution in [-0.4, -0.2) is 34.9 Å². The standard InChI is InChI=1S/C5H9N3O2S/c6-7-4(9)3-8-1-2-11-5(8)10/h1-3,6H2,(H,7,9). The normalized spacial score (nSPS) is 17.2. The van der Waals surface area contributed by atoms with Gasteiger partial charge in [-0.2, -0.15) is 0 Å². The van der Waals surface area contributed by atoms with Crippen molar-refractivity contribution in [1.82, 2.24) is 10.3 Å². The van der Waals surface area contributed by atoms with Crippen molar-refractivity contribution in [2.24, 2.45) is 5.84 Å². The quantitative estimate of drug-likeness (QED) is 0.325. The van der Waals surface area contributed by atoms with E-state index >= 15 is 0 Å². The second-order valence-corrected chi connectivity index (χ2v) is 3.15. The van der Waals surface area contributed by atoms with E-state index in [4.69, 9.17) is 5.84 Å². The van der Waals surface area contributed by atoms with E-state index in [1.807, 2.05) is 5.43 Å². The van der Waals surface area contributed by atoms with Crippen LogP contribution in [0.25, 0.3) is 0 Å². The molecule has 1 saturated heterocycles. The Morgan fingerprint density at radius 1 is 1.82 bits per heavy atom. The lowest BCUT2D eigenvalue weighted by Gasteiger charge is -2.11. The number of hydrogen-bond donors (Lipinski definition) is 2. The first-order chi connectivity index (χ1) is 5.24. The van der Waals surface area contributed by atoms with Crippen LogP contribution in [0.1, 0.15) is 0 Å². The van der Waals surface area contributed by atoms with Crippen molar-refractivity contribution >= 4 is 22.9 Å². The molecule has 0 atom stereocenters. The molecular weight excluding hydrogens is 166 g/mol. The van der Waals surface area contributed by atoms with Crippen molar-refractivity contribution in [3.63, 3.8) is 0 Å². The fourth-order valence-corrected chi connectivity index (χ4v) is 1.61. The van der Waals surface area contributed by atoms with Gasteiger partial charge in [0.1, 0.15) is 6.54 Å². The molecule has 0 aromatic carbocycles. The molecule has 6 heteroatoms. The summed E-state index contributed by atoms with van der Waals surface area (Å²) >= 11 is 1.22. The van der Waals surface area contributed by atoms with E-state index in [-0.39, 0.29) is 17.7 Å². The molecule has 0 aromatic rings. The van der Waals surface area contributed by atoms with E-state index < -0.39 is 0 Å². The first kappa shape index (κ1) is 8.35. The number of amides is 2. The molecule has 0 bridgehead atoms. The molecule has 0 aromatic heterocycles. The van der Waals surface area contributed by atoms with Gasteiger partial charge in [0.25, 0.3) is 11.1 Å². The van der Waals surface area contributed by atoms with Gasteiger partial charge in [-0.15, -0.1) is 0 Å². The number of hydrazine groups is 1. The van der Waals surface area contributed by atoms with Gasteiger partial charge >= 0.3 is 0 Å². The summed E-state index contributed by atoms with van der Waals surface area (Å²) in [5.74, 6) is 5.28. The topological polar surface area (TPSA) is 75.4 Å². The van der Waals surface area contributed by atoms with E-state index in [9.17, 15) is 9.59 Å². The Morgan fingerprint density at radius 2 is 2.55 bits per heavy atom. The predicted molar refractivity (Wildman–Crippen MR) is 41.8 cm³/mol. The summed E-state index contributed by atoms with van der Waals surface area (Å²) in [4.78, 5) is 23.0. The van der Waals surface area contributed by atoms with Gasteiger partial charge in [-0.25, -0.2) is 5.84 Å². The fraction of sp³-hybridized carbons (Fsp3) is 0.600. The highest BCUT2D eigenvalue weighted by molar-refractivity contribution is 8.13. The summed E-state index contributed by atoms with van der Waals surface area (Å²) in [5, 5.41) is -0.0476. The van der Waals surface area contributed by atoms with Crippen LogP contribution in [0.2, 0.25) is 0 Å². The number of nitrogens with one attached hydrogen (secondary N) is 1. The zero-order valence-corrected chi connectivity index (χ0v) is 6.69. The molecule has 1 rings (SSSR count). The maximum Gasteiger partial charge on any atom is 0.282 e. The number of carbonyl (C=O) groups is 2. The molecule has 3 N–H and O–H groups in total. The molecule has 5 nitrogen and oxygen atoms in total. The Kier molecular flexibility index (Phi) is 2.72. The van der Waals surface area contributed by atoms with Gasteiger partial charge in [-0.1, -0.05) is 11.8 Å². The van der Waals surface area contributed by atoms with Gasteiger partial charge in [0.05, 0.1) is 0 Å². The molecule has 0 aliphatic carbocycles. The summed E-state index contributed by atoms with van der Waals surface area (Å²) in [7, 11) is 0. The van der Waals surface area contributed by atoms with Crippen molar-refractivity contribution < 1.29 is 9.59 Å². The smallest absolute Gasteiger partial charge is 0.282 e. The van der Waals surface area contributed by atoms with Gasteiger partial charge in [0.15, 0.2) is 0 Å². The van der Waals surface area contributed by atoms with Crippen LogP contribution in [0.4, 0.5) is 4.79 Å². The number of nitrogens with zero attached hydrogens (tertiary/aromatic N) is 1. The van der Waals surface area contributed by atoms with E-state index in [1.54, 1.807) is 0 Å². The van der Waals surface area contributed by atoms with Crippen LogP contribution in [0.3, 0.4) is 0 Å². The first-order valence-corrected chi connectivity index (χ1v) is 4.13. The molecule has 0 radical (unpaired) electrons. The lowest BCUT2D eigenvalue weighted by molar-refractivity contribution is -0.121. The molecule has 1 aliphatic rings. The highest BCUT2D eigenvalue weighted by Crippen LogP contribution is 2.15. The van der Waals surface area contributed by atoms with Crippen LogP contribution in [0.15, 0.2) is 0 Å². The Labute approximate surface area is 68.3 Å². The van der Waals surface area contributed by atoms with Crippen LogP contribution in [0.5, 0.6) is 0 Å². The fourth-order valence-electron chi connectivity index (χ4n) is 0.788. The van der Waals surface area contributed by atoms with Crippen molar-refractivity contribution in [1.29, 1.82) is 0 Å².